The zero-order chi connectivity index (χ0) is 19.7. The summed E-state index contributed by atoms with van der Waals surface area (Å²) in [5.74, 6) is 1.14. The summed E-state index contributed by atoms with van der Waals surface area (Å²) in [4.78, 5) is 12.6. The fourth-order valence-electron chi connectivity index (χ4n) is 2.87. The summed E-state index contributed by atoms with van der Waals surface area (Å²) in [5.41, 5.74) is 3.44. The lowest BCUT2D eigenvalue weighted by Crippen LogP contribution is -1.98. The van der Waals surface area contributed by atoms with Gasteiger partial charge in [0.2, 0.25) is 5.78 Å². The molecule has 1 heterocycles. The third-order valence-electron chi connectivity index (χ3n) is 4.42. The lowest BCUT2D eigenvalue weighted by Gasteiger charge is -2.07. The molecule has 0 unspecified atom stereocenters. The Morgan fingerprint density at radius 2 is 1.79 bits per heavy atom. The number of hydrogen-bond donors (Lipinski definition) is 0. The molecule has 0 saturated carbocycles. The van der Waals surface area contributed by atoms with Gasteiger partial charge in [-0.25, -0.2) is 0 Å². The molecular formula is C23H16Cl2O3. The van der Waals surface area contributed by atoms with Crippen molar-refractivity contribution in [1.29, 1.82) is 0 Å². The van der Waals surface area contributed by atoms with Crippen molar-refractivity contribution < 1.29 is 14.3 Å². The molecule has 28 heavy (non-hydrogen) atoms. The van der Waals surface area contributed by atoms with Crippen LogP contribution < -0.4 is 9.47 Å². The number of halogens is 2. The van der Waals surface area contributed by atoms with E-state index in [1.807, 2.05) is 31.2 Å². The van der Waals surface area contributed by atoms with Crippen molar-refractivity contribution in [2.75, 3.05) is 0 Å². The molecular weight excluding hydrogens is 395 g/mol. The van der Waals surface area contributed by atoms with E-state index in [0.717, 1.165) is 5.56 Å². The molecule has 1 aliphatic rings. The minimum absolute atomic E-state index is 0.189. The molecule has 1 aliphatic heterocycles. The summed E-state index contributed by atoms with van der Waals surface area (Å²) in [6.07, 6.45) is 1.62. The number of rotatable bonds is 4. The highest BCUT2D eigenvalue weighted by molar-refractivity contribution is 6.35. The maximum absolute atomic E-state index is 12.6. The predicted octanol–water partition coefficient (Wildman–Crippen LogP) is 6.50. The van der Waals surface area contributed by atoms with Crippen molar-refractivity contribution in [2.24, 2.45) is 0 Å². The minimum Gasteiger partial charge on any atom is -0.489 e. The van der Waals surface area contributed by atoms with Gasteiger partial charge in [0.05, 0.1) is 5.56 Å². The molecule has 0 aliphatic carbocycles. The molecule has 0 saturated heterocycles. The van der Waals surface area contributed by atoms with E-state index < -0.39 is 0 Å². The highest BCUT2D eigenvalue weighted by Gasteiger charge is 2.28. The van der Waals surface area contributed by atoms with Crippen LogP contribution in [0.25, 0.3) is 6.08 Å². The average molecular weight is 411 g/mol. The Labute approximate surface area is 173 Å². The first-order valence-electron chi connectivity index (χ1n) is 8.71. The summed E-state index contributed by atoms with van der Waals surface area (Å²) >= 11 is 12.1. The number of ether oxygens (including phenoxy) is 2. The van der Waals surface area contributed by atoms with E-state index in [2.05, 4.69) is 0 Å². The maximum Gasteiger partial charge on any atom is 0.231 e. The third kappa shape index (κ3) is 3.91. The third-order valence-corrected chi connectivity index (χ3v) is 4.98. The molecule has 0 aromatic heterocycles. The number of ketones is 1. The van der Waals surface area contributed by atoms with Crippen LogP contribution >= 0.6 is 23.2 Å². The van der Waals surface area contributed by atoms with Crippen molar-refractivity contribution >= 4 is 35.1 Å². The van der Waals surface area contributed by atoms with Gasteiger partial charge in [0.1, 0.15) is 18.1 Å². The van der Waals surface area contributed by atoms with Crippen LogP contribution in [0.15, 0.2) is 66.4 Å². The molecule has 3 nitrogen and oxygen atoms in total. The van der Waals surface area contributed by atoms with E-state index in [-0.39, 0.29) is 11.5 Å². The SMILES string of the molecule is Cc1ccc(COc2ccc3c(c2)OC(=Cc2ccc(Cl)cc2Cl)C3=O)cc1. The van der Waals surface area contributed by atoms with Gasteiger partial charge in [-0.15, -0.1) is 0 Å². The average Bonchev–Trinajstić information content (AvgIpc) is 2.98. The summed E-state index contributed by atoms with van der Waals surface area (Å²) in [5, 5.41) is 0.985. The second-order valence-corrected chi connectivity index (χ2v) is 7.38. The zero-order valence-electron chi connectivity index (χ0n) is 15.0. The van der Waals surface area contributed by atoms with Crippen molar-refractivity contribution in [2.45, 2.75) is 13.5 Å². The monoisotopic (exact) mass is 410 g/mol. The van der Waals surface area contributed by atoms with E-state index in [1.54, 1.807) is 42.5 Å². The number of fused-ring (bicyclic) bond motifs is 1. The number of hydrogen-bond acceptors (Lipinski definition) is 3. The molecule has 0 spiro atoms. The first-order chi connectivity index (χ1) is 13.5. The normalized spacial score (nSPS) is 14.1. The molecule has 0 bridgehead atoms. The summed E-state index contributed by atoms with van der Waals surface area (Å²) < 4.78 is 11.6. The molecule has 4 rings (SSSR count). The first kappa shape index (κ1) is 18.6. The molecule has 3 aromatic carbocycles. The quantitative estimate of drug-likeness (QED) is 0.460. The number of carbonyl (C=O) groups is 1. The molecule has 0 amide bonds. The fourth-order valence-corrected chi connectivity index (χ4v) is 3.33. The first-order valence-corrected chi connectivity index (χ1v) is 9.47. The highest BCUT2D eigenvalue weighted by atomic mass is 35.5. The summed E-state index contributed by atoms with van der Waals surface area (Å²) in [6, 6.07) is 18.4. The Balaban J connectivity index is 1.52. The van der Waals surface area contributed by atoms with E-state index in [0.29, 0.717) is 39.3 Å². The van der Waals surface area contributed by atoms with E-state index in [9.17, 15) is 4.79 Å². The van der Waals surface area contributed by atoms with E-state index in [4.69, 9.17) is 32.7 Å². The van der Waals surface area contributed by atoms with Crippen LogP contribution in [0.1, 0.15) is 27.0 Å². The van der Waals surface area contributed by atoms with Crippen molar-refractivity contribution in [1.82, 2.24) is 0 Å². The molecule has 0 radical (unpaired) electrons. The van der Waals surface area contributed by atoms with Crippen molar-refractivity contribution in [3.05, 3.63) is 98.7 Å². The van der Waals surface area contributed by atoms with E-state index in [1.165, 1.54) is 5.56 Å². The Hall–Kier alpha value is -2.75. The number of Topliss-reactive ketones (excluding diaryl/α,β-unsaturated/α-hetero) is 1. The lowest BCUT2D eigenvalue weighted by atomic mass is 10.1. The van der Waals surface area contributed by atoms with Gasteiger partial charge in [-0.2, -0.15) is 0 Å². The van der Waals surface area contributed by atoms with Gasteiger partial charge >= 0.3 is 0 Å². The van der Waals surface area contributed by atoms with E-state index >= 15 is 0 Å². The number of carbonyl (C=O) groups excluding carboxylic acids is 1. The molecule has 0 N–H and O–H groups in total. The van der Waals surface area contributed by atoms with Gasteiger partial charge in [-0.1, -0.05) is 59.1 Å². The summed E-state index contributed by atoms with van der Waals surface area (Å²) in [6.45, 7) is 2.48. The molecule has 3 aromatic rings. The highest BCUT2D eigenvalue weighted by Crippen LogP contribution is 2.36. The van der Waals surface area contributed by atoms with Crippen LogP contribution in [-0.4, -0.2) is 5.78 Å². The van der Waals surface area contributed by atoms with Crippen molar-refractivity contribution in [3.63, 3.8) is 0 Å². The molecule has 140 valence electrons. The molecule has 5 heteroatoms. The zero-order valence-corrected chi connectivity index (χ0v) is 16.6. The van der Waals surface area contributed by atoms with Crippen molar-refractivity contribution in [3.8, 4) is 11.5 Å². The summed E-state index contributed by atoms with van der Waals surface area (Å²) in [7, 11) is 0. The Morgan fingerprint density at radius 3 is 2.54 bits per heavy atom. The van der Waals surface area contributed by atoms with Gasteiger partial charge in [0.25, 0.3) is 0 Å². The smallest absolute Gasteiger partial charge is 0.231 e. The number of benzene rings is 3. The van der Waals surface area contributed by atoms with Crippen LogP contribution in [-0.2, 0) is 6.61 Å². The van der Waals surface area contributed by atoms with Gasteiger partial charge in [0, 0.05) is 16.1 Å². The Kier molecular flexibility index (Phi) is 5.12. The fraction of sp³-hybridized carbons (Fsp3) is 0.0870. The van der Waals surface area contributed by atoms with Crippen LogP contribution in [0.5, 0.6) is 11.5 Å². The van der Waals surface area contributed by atoms with Gasteiger partial charge in [-0.05, 0) is 48.4 Å². The molecule has 0 fully saturated rings. The minimum atomic E-state index is -0.189. The number of aryl methyl sites for hydroxylation is 1. The lowest BCUT2D eigenvalue weighted by molar-refractivity contribution is 0.101. The largest absolute Gasteiger partial charge is 0.489 e. The second kappa shape index (κ2) is 7.70. The molecule has 0 atom stereocenters. The van der Waals surface area contributed by atoms with Crippen LogP contribution in [0, 0.1) is 6.92 Å². The Morgan fingerprint density at radius 1 is 1.00 bits per heavy atom. The predicted molar refractivity (Wildman–Crippen MR) is 111 cm³/mol. The van der Waals surface area contributed by atoms with Crippen LogP contribution in [0.2, 0.25) is 10.0 Å². The maximum atomic E-state index is 12.6. The second-order valence-electron chi connectivity index (χ2n) is 6.54. The standard InChI is InChI=1S/C23H16Cl2O3/c1-14-2-4-15(5-3-14)13-27-18-8-9-19-21(12-18)28-22(23(19)26)10-16-6-7-17(24)11-20(16)25/h2-12H,13H2,1H3. The van der Waals surface area contributed by atoms with Gasteiger partial charge in [-0.3, -0.25) is 4.79 Å². The van der Waals surface area contributed by atoms with Crippen LogP contribution in [0.3, 0.4) is 0 Å². The van der Waals surface area contributed by atoms with Crippen LogP contribution in [0.4, 0.5) is 0 Å². The Bertz CT molecular complexity index is 1090. The topological polar surface area (TPSA) is 35.5 Å². The van der Waals surface area contributed by atoms with Gasteiger partial charge < -0.3 is 9.47 Å². The van der Waals surface area contributed by atoms with Gasteiger partial charge in [0.15, 0.2) is 5.76 Å². The number of allylic oxidation sites excluding steroid dienone is 1.